The molecular weight excluding hydrogens is 348 g/mol. The lowest BCUT2D eigenvalue weighted by molar-refractivity contribution is 0.390. The second-order valence-corrected chi connectivity index (χ2v) is 8.98. The highest BCUT2D eigenvalue weighted by molar-refractivity contribution is 6.06. The predicted octanol–water partition coefficient (Wildman–Crippen LogP) is 8.02. The minimum atomic E-state index is 0.0517. The van der Waals surface area contributed by atoms with Crippen molar-refractivity contribution >= 4 is 21.5 Å². The van der Waals surface area contributed by atoms with Crippen LogP contribution in [0.4, 0.5) is 0 Å². The number of hydrogen-bond acceptors (Lipinski definition) is 0. The number of fused-ring (bicyclic) bond motifs is 7. The molecule has 0 spiro atoms. The maximum Gasteiger partial charge on any atom is 0.0197 e. The van der Waals surface area contributed by atoms with Crippen LogP contribution in [0, 0.1) is 5.41 Å². The molecular formula is C29H24. The molecule has 6 rings (SSSR count). The second-order valence-electron chi connectivity index (χ2n) is 8.98. The topological polar surface area (TPSA) is 0 Å². The van der Waals surface area contributed by atoms with Crippen LogP contribution in [-0.4, -0.2) is 0 Å². The Balaban J connectivity index is 1.74. The first-order valence-corrected chi connectivity index (χ1v) is 10.6. The van der Waals surface area contributed by atoms with Gasteiger partial charge < -0.3 is 0 Å². The van der Waals surface area contributed by atoms with Crippen LogP contribution in [0.2, 0.25) is 0 Å². The maximum absolute atomic E-state index is 2.44. The lowest BCUT2D eigenvalue weighted by Crippen LogP contribution is -2.24. The van der Waals surface area contributed by atoms with Gasteiger partial charge in [-0.2, -0.15) is 0 Å². The lowest BCUT2D eigenvalue weighted by atomic mass is 9.67. The van der Waals surface area contributed by atoms with E-state index in [9.17, 15) is 0 Å². The number of allylic oxidation sites excluding steroid dienone is 4. The highest BCUT2D eigenvalue weighted by atomic mass is 14.5. The van der Waals surface area contributed by atoms with Crippen molar-refractivity contribution < 1.29 is 0 Å². The molecule has 0 heterocycles. The molecule has 4 aromatic carbocycles. The van der Waals surface area contributed by atoms with Crippen molar-refractivity contribution in [1.82, 2.24) is 0 Å². The van der Waals surface area contributed by atoms with Gasteiger partial charge in [0.25, 0.3) is 0 Å². The van der Waals surface area contributed by atoms with E-state index in [1.807, 2.05) is 0 Å². The van der Waals surface area contributed by atoms with Gasteiger partial charge in [-0.25, -0.2) is 0 Å². The maximum atomic E-state index is 2.44. The van der Waals surface area contributed by atoms with E-state index in [1.54, 1.807) is 0 Å². The fourth-order valence-corrected chi connectivity index (χ4v) is 5.67. The van der Waals surface area contributed by atoms with Crippen molar-refractivity contribution in [2.75, 3.05) is 0 Å². The molecule has 140 valence electrons. The largest absolute Gasteiger partial charge is 0.0804 e. The van der Waals surface area contributed by atoms with Gasteiger partial charge in [-0.1, -0.05) is 110 Å². The summed E-state index contributed by atoms with van der Waals surface area (Å²) in [5, 5.41) is 5.43. The van der Waals surface area contributed by atoms with Gasteiger partial charge in [-0.05, 0) is 55.6 Å². The van der Waals surface area contributed by atoms with Gasteiger partial charge in [0.05, 0.1) is 0 Å². The monoisotopic (exact) mass is 372 g/mol. The van der Waals surface area contributed by atoms with Crippen molar-refractivity contribution in [1.29, 1.82) is 0 Å². The standard InChI is InChI=1S/C29H24/c1-29(2,21-11-5-6-12-21)28-25-18-16-19-9-3-7-13-22(19)26(25)24-17-15-20-10-4-8-14-23(20)27(24)28/h3-11,13-18,28H,12H2,1-2H3. The third-order valence-electron chi connectivity index (χ3n) is 7.12. The average Bonchev–Trinajstić information content (AvgIpc) is 3.41. The Kier molecular flexibility index (Phi) is 3.44. The van der Waals surface area contributed by atoms with Crippen LogP contribution in [0.1, 0.15) is 37.3 Å². The molecule has 0 amide bonds. The zero-order chi connectivity index (χ0) is 19.6. The Bertz CT molecular complexity index is 1350. The third kappa shape index (κ3) is 2.26. The fourth-order valence-electron chi connectivity index (χ4n) is 5.67. The van der Waals surface area contributed by atoms with E-state index in [0.717, 1.165) is 6.42 Å². The number of hydrogen-bond donors (Lipinski definition) is 0. The summed E-state index contributed by atoms with van der Waals surface area (Å²) >= 11 is 0. The molecule has 29 heavy (non-hydrogen) atoms. The summed E-state index contributed by atoms with van der Waals surface area (Å²) in [4.78, 5) is 0. The van der Waals surface area contributed by atoms with Crippen LogP contribution in [0.5, 0.6) is 0 Å². The Morgan fingerprint density at radius 3 is 2.21 bits per heavy atom. The first-order chi connectivity index (χ1) is 14.2. The molecule has 0 saturated carbocycles. The first kappa shape index (κ1) is 16.8. The summed E-state index contributed by atoms with van der Waals surface area (Å²) in [6.45, 7) is 4.87. The summed E-state index contributed by atoms with van der Waals surface area (Å²) in [6, 6.07) is 27.1. The molecule has 0 aromatic heterocycles. The third-order valence-corrected chi connectivity index (χ3v) is 7.12. The molecule has 2 aliphatic rings. The van der Waals surface area contributed by atoms with Crippen LogP contribution < -0.4 is 0 Å². The molecule has 0 nitrogen and oxygen atoms in total. The second kappa shape index (κ2) is 5.94. The molecule has 0 heteroatoms. The van der Waals surface area contributed by atoms with E-state index in [2.05, 4.69) is 105 Å². The Hall–Kier alpha value is -3.12. The summed E-state index contributed by atoms with van der Waals surface area (Å²) in [5.41, 5.74) is 7.42. The molecule has 0 aliphatic heterocycles. The van der Waals surface area contributed by atoms with Crippen LogP contribution in [0.25, 0.3) is 32.7 Å². The van der Waals surface area contributed by atoms with Gasteiger partial charge in [0, 0.05) is 5.92 Å². The van der Waals surface area contributed by atoms with Gasteiger partial charge in [-0.3, -0.25) is 0 Å². The quantitative estimate of drug-likeness (QED) is 0.334. The van der Waals surface area contributed by atoms with E-state index in [1.165, 1.54) is 49.4 Å². The SMILES string of the molecule is CC(C)(C1=CC=CC1)C1c2ccc3ccccc3c2-c2ccc3ccccc3c21. The molecule has 1 unspecified atom stereocenters. The molecule has 0 saturated heterocycles. The van der Waals surface area contributed by atoms with Gasteiger partial charge in [0.2, 0.25) is 0 Å². The average molecular weight is 373 g/mol. The van der Waals surface area contributed by atoms with Crippen molar-refractivity contribution in [3.8, 4) is 11.1 Å². The minimum Gasteiger partial charge on any atom is -0.0804 e. The fraction of sp³-hybridized carbons (Fsp3) is 0.172. The molecule has 2 aliphatic carbocycles. The summed E-state index contributed by atoms with van der Waals surface area (Å²) in [5.74, 6) is 0.356. The molecule has 0 N–H and O–H groups in total. The van der Waals surface area contributed by atoms with Gasteiger partial charge in [0.15, 0.2) is 0 Å². The Morgan fingerprint density at radius 2 is 1.45 bits per heavy atom. The van der Waals surface area contributed by atoms with Gasteiger partial charge in [-0.15, -0.1) is 0 Å². The highest BCUT2D eigenvalue weighted by Crippen LogP contribution is 2.59. The molecule has 1 atom stereocenters. The van der Waals surface area contributed by atoms with E-state index in [0.29, 0.717) is 5.92 Å². The first-order valence-electron chi connectivity index (χ1n) is 10.6. The number of rotatable bonds is 2. The van der Waals surface area contributed by atoms with Crippen molar-refractivity contribution in [3.05, 3.63) is 108 Å². The molecule has 4 aromatic rings. The van der Waals surface area contributed by atoms with E-state index in [4.69, 9.17) is 0 Å². The zero-order valence-corrected chi connectivity index (χ0v) is 16.9. The molecule has 0 fully saturated rings. The van der Waals surface area contributed by atoms with E-state index >= 15 is 0 Å². The van der Waals surface area contributed by atoms with E-state index in [-0.39, 0.29) is 5.41 Å². The van der Waals surface area contributed by atoms with Crippen LogP contribution in [0.15, 0.2) is 96.6 Å². The summed E-state index contributed by atoms with van der Waals surface area (Å²) < 4.78 is 0. The number of benzene rings is 4. The van der Waals surface area contributed by atoms with Crippen LogP contribution in [0.3, 0.4) is 0 Å². The Morgan fingerprint density at radius 1 is 0.759 bits per heavy atom. The van der Waals surface area contributed by atoms with Gasteiger partial charge in [0.1, 0.15) is 0 Å². The van der Waals surface area contributed by atoms with Crippen molar-refractivity contribution in [2.24, 2.45) is 5.41 Å². The van der Waals surface area contributed by atoms with Crippen LogP contribution >= 0.6 is 0 Å². The van der Waals surface area contributed by atoms with Crippen molar-refractivity contribution in [3.63, 3.8) is 0 Å². The predicted molar refractivity (Wildman–Crippen MR) is 124 cm³/mol. The normalized spacial score (nSPS) is 17.6. The molecule has 0 radical (unpaired) electrons. The van der Waals surface area contributed by atoms with Crippen LogP contribution in [-0.2, 0) is 0 Å². The zero-order valence-electron chi connectivity index (χ0n) is 16.9. The van der Waals surface area contributed by atoms with Gasteiger partial charge >= 0.3 is 0 Å². The van der Waals surface area contributed by atoms with Crippen molar-refractivity contribution in [2.45, 2.75) is 26.2 Å². The Labute approximate surface area is 172 Å². The minimum absolute atomic E-state index is 0.0517. The summed E-state index contributed by atoms with van der Waals surface area (Å²) in [7, 11) is 0. The highest BCUT2D eigenvalue weighted by Gasteiger charge is 2.42. The summed E-state index contributed by atoms with van der Waals surface area (Å²) in [6.07, 6.45) is 7.91. The smallest absolute Gasteiger partial charge is 0.0197 e. The lowest BCUT2D eigenvalue weighted by Gasteiger charge is -2.35. The van der Waals surface area contributed by atoms with E-state index < -0.39 is 0 Å². The molecule has 0 bridgehead atoms.